The van der Waals surface area contributed by atoms with Gasteiger partial charge in [0.15, 0.2) is 5.52 Å². The number of hydrogen-bond acceptors (Lipinski definition) is 4. The minimum atomic E-state index is -0.311. The zero-order chi connectivity index (χ0) is 16.5. The monoisotopic (exact) mass is 322 g/mol. The fraction of sp³-hybridized carbons (Fsp3) is 0.333. The molecule has 0 unspecified atom stereocenters. The molecule has 3 aromatic rings. The highest BCUT2D eigenvalue weighted by molar-refractivity contribution is 5.90. The van der Waals surface area contributed by atoms with Crippen LogP contribution in [0.3, 0.4) is 0 Å². The first-order valence-corrected chi connectivity index (χ1v) is 8.27. The number of hydrogen-bond donors (Lipinski definition) is 2. The van der Waals surface area contributed by atoms with Gasteiger partial charge in [-0.15, -0.1) is 0 Å². The third-order valence-electron chi connectivity index (χ3n) is 4.48. The number of carbonyl (C=O) groups excluding carboxylic acids is 1. The second kappa shape index (κ2) is 6.03. The van der Waals surface area contributed by atoms with Gasteiger partial charge in [-0.3, -0.25) is 9.59 Å². The second-order valence-corrected chi connectivity index (χ2v) is 6.29. The molecule has 4 rings (SSSR count). The van der Waals surface area contributed by atoms with E-state index in [9.17, 15) is 9.59 Å². The van der Waals surface area contributed by atoms with E-state index in [-0.39, 0.29) is 23.9 Å². The lowest BCUT2D eigenvalue weighted by molar-refractivity contribution is -0.121. The molecule has 0 saturated heterocycles. The molecule has 1 aliphatic carbocycles. The van der Waals surface area contributed by atoms with Gasteiger partial charge in [0, 0.05) is 11.4 Å². The Kier molecular flexibility index (Phi) is 3.72. The molecule has 1 aromatic carbocycles. The lowest BCUT2D eigenvalue weighted by Crippen LogP contribution is -2.34. The number of pyridine rings is 1. The van der Waals surface area contributed by atoms with Gasteiger partial charge in [-0.05, 0) is 25.0 Å². The number of amides is 1. The Morgan fingerprint density at radius 2 is 1.96 bits per heavy atom. The fourth-order valence-electron chi connectivity index (χ4n) is 3.31. The average Bonchev–Trinajstić information content (AvgIpc) is 3.06. The number of aromatic nitrogens is 3. The van der Waals surface area contributed by atoms with Crippen molar-refractivity contribution in [1.82, 2.24) is 20.3 Å². The predicted octanol–water partition coefficient (Wildman–Crippen LogP) is 2.07. The SMILES string of the molecule is O=C(Cc1nc2cc3ccccc3nc2c(=O)[nH]1)NC1CCCC1. The smallest absolute Gasteiger partial charge is 0.277 e. The minimum absolute atomic E-state index is 0.0779. The Hall–Kier alpha value is -2.76. The Labute approximate surface area is 138 Å². The summed E-state index contributed by atoms with van der Waals surface area (Å²) in [5, 5.41) is 3.93. The lowest BCUT2D eigenvalue weighted by atomic mass is 10.2. The third kappa shape index (κ3) is 2.87. The minimum Gasteiger partial charge on any atom is -0.353 e. The zero-order valence-electron chi connectivity index (χ0n) is 13.2. The average molecular weight is 322 g/mol. The molecule has 6 nitrogen and oxygen atoms in total. The largest absolute Gasteiger partial charge is 0.353 e. The van der Waals surface area contributed by atoms with E-state index < -0.39 is 0 Å². The van der Waals surface area contributed by atoms with Gasteiger partial charge >= 0.3 is 0 Å². The number of carbonyl (C=O) groups is 1. The van der Waals surface area contributed by atoms with Crippen LogP contribution in [-0.2, 0) is 11.2 Å². The molecule has 2 aromatic heterocycles. The van der Waals surface area contributed by atoms with Crippen LogP contribution in [0.2, 0.25) is 0 Å². The summed E-state index contributed by atoms with van der Waals surface area (Å²) in [5.41, 5.74) is 1.26. The molecule has 0 radical (unpaired) electrons. The Balaban J connectivity index is 1.65. The number of H-pyrrole nitrogens is 1. The van der Waals surface area contributed by atoms with Crippen LogP contribution in [0.5, 0.6) is 0 Å². The molecule has 1 amide bonds. The van der Waals surface area contributed by atoms with E-state index in [0.717, 1.165) is 36.6 Å². The molecule has 0 aliphatic heterocycles. The molecule has 1 aliphatic rings. The predicted molar refractivity (Wildman–Crippen MR) is 91.8 cm³/mol. The molecule has 6 heteroatoms. The molecular formula is C18H18N4O2. The van der Waals surface area contributed by atoms with Crippen LogP contribution in [0, 0.1) is 0 Å². The summed E-state index contributed by atoms with van der Waals surface area (Å²) in [5.74, 6) is 0.276. The number of nitrogens with zero attached hydrogens (tertiary/aromatic N) is 2. The number of para-hydroxylation sites is 1. The van der Waals surface area contributed by atoms with Crippen molar-refractivity contribution in [2.75, 3.05) is 0 Å². The number of benzene rings is 1. The van der Waals surface area contributed by atoms with Crippen LogP contribution in [0.25, 0.3) is 21.9 Å². The number of nitrogens with one attached hydrogen (secondary N) is 2. The summed E-state index contributed by atoms with van der Waals surface area (Å²) in [6.07, 6.45) is 4.46. The van der Waals surface area contributed by atoms with Gasteiger partial charge in [-0.25, -0.2) is 9.97 Å². The maximum absolute atomic E-state index is 12.3. The van der Waals surface area contributed by atoms with Crippen molar-refractivity contribution < 1.29 is 4.79 Å². The Morgan fingerprint density at radius 3 is 2.79 bits per heavy atom. The molecule has 0 bridgehead atoms. The standard InChI is InChI=1S/C18H18N4O2/c23-16(19-12-6-2-3-7-12)10-15-20-14-9-11-5-1-4-8-13(11)21-17(14)18(24)22-15/h1,4-5,8-9,12H,2-3,6-7,10H2,(H,19,23)(H,20,22,24). The van der Waals surface area contributed by atoms with Gasteiger partial charge in [-0.1, -0.05) is 31.0 Å². The van der Waals surface area contributed by atoms with E-state index in [2.05, 4.69) is 20.3 Å². The second-order valence-electron chi connectivity index (χ2n) is 6.29. The summed E-state index contributed by atoms with van der Waals surface area (Å²) in [6.45, 7) is 0. The number of rotatable bonds is 3. The molecule has 2 N–H and O–H groups in total. The topological polar surface area (TPSA) is 87.7 Å². The molecule has 24 heavy (non-hydrogen) atoms. The van der Waals surface area contributed by atoms with Crippen molar-refractivity contribution in [3.8, 4) is 0 Å². The van der Waals surface area contributed by atoms with Crippen molar-refractivity contribution in [1.29, 1.82) is 0 Å². The lowest BCUT2D eigenvalue weighted by Gasteiger charge is -2.11. The van der Waals surface area contributed by atoms with Crippen LogP contribution in [0.4, 0.5) is 0 Å². The van der Waals surface area contributed by atoms with E-state index in [4.69, 9.17) is 0 Å². The van der Waals surface area contributed by atoms with Gasteiger partial charge in [0.1, 0.15) is 5.82 Å². The van der Waals surface area contributed by atoms with Crippen molar-refractivity contribution in [3.63, 3.8) is 0 Å². The van der Waals surface area contributed by atoms with Crippen molar-refractivity contribution in [3.05, 3.63) is 46.5 Å². The van der Waals surface area contributed by atoms with Crippen LogP contribution in [0.1, 0.15) is 31.5 Å². The van der Waals surface area contributed by atoms with E-state index in [1.165, 1.54) is 0 Å². The number of fused-ring (bicyclic) bond motifs is 2. The summed E-state index contributed by atoms with van der Waals surface area (Å²) in [7, 11) is 0. The normalized spacial score (nSPS) is 15.2. The van der Waals surface area contributed by atoms with Crippen molar-refractivity contribution >= 4 is 27.8 Å². The summed E-state index contributed by atoms with van der Waals surface area (Å²) in [4.78, 5) is 35.9. The quantitative estimate of drug-likeness (QED) is 0.723. The van der Waals surface area contributed by atoms with E-state index in [1.807, 2.05) is 30.3 Å². The van der Waals surface area contributed by atoms with Crippen molar-refractivity contribution in [2.45, 2.75) is 38.1 Å². The van der Waals surface area contributed by atoms with E-state index >= 15 is 0 Å². The third-order valence-corrected chi connectivity index (χ3v) is 4.48. The summed E-state index contributed by atoms with van der Waals surface area (Å²) < 4.78 is 0. The molecule has 0 atom stereocenters. The van der Waals surface area contributed by atoms with Crippen LogP contribution in [-0.4, -0.2) is 26.9 Å². The summed E-state index contributed by atoms with van der Waals surface area (Å²) >= 11 is 0. The Morgan fingerprint density at radius 1 is 1.17 bits per heavy atom. The molecule has 2 heterocycles. The van der Waals surface area contributed by atoms with Crippen LogP contribution in [0.15, 0.2) is 35.1 Å². The van der Waals surface area contributed by atoms with Crippen LogP contribution < -0.4 is 10.9 Å². The molecule has 1 saturated carbocycles. The Bertz CT molecular complexity index is 974. The maximum atomic E-state index is 12.3. The molecule has 0 spiro atoms. The maximum Gasteiger partial charge on any atom is 0.277 e. The number of aromatic amines is 1. The van der Waals surface area contributed by atoms with E-state index in [1.54, 1.807) is 0 Å². The van der Waals surface area contributed by atoms with Gasteiger partial charge < -0.3 is 10.3 Å². The van der Waals surface area contributed by atoms with E-state index in [0.29, 0.717) is 16.9 Å². The zero-order valence-corrected chi connectivity index (χ0v) is 13.2. The summed E-state index contributed by atoms with van der Waals surface area (Å²) in [6, 6.07) is 9.68. The fourth-order valence-corrected chi connectivity index (χ4v) is 3.31. The molecule has 1 fully saturated rings. The van der Waals surface area contributed by atoms with Gasteiger partial charge in [0.05, 0.1) is 17.5 Å². The molecule has 122 valence electrons. The highest BCUT2D eigenvalue weighted by Gasteiger charge is 2.18. The highest BCUT2D eigenvalue weighted by Crippen LogP contribution is 2.18. The van der Waals surface area contributed by atoms with Gasteiger partial charge in [0.2, 0.25) is 5.91 Å². The first kappa shape index (κ1) is 14.8. The molecular weight excluding hydrogens is 304 g/mol. The van der Waals surface area contributed by atoms with Gasteiger partial charge in [-0.2, -0.15) is 0 Å². The first-order chi connectivity index (χ1) is 11.7. The highest BCUT2D eigenvalue weighted by atomic mass is 16.1. The van der Waals surface area contributed by atoms with Gasteiger partial charge in [0.25, 0.3) is 5.56 Å². The first-order valence-electron chi connectivity index (χ1n) is 8.27. The van der Waals surface area contributed by atoms with Crippen molar-refractivity contribution in [2.24, 2.45) is 0 Å². The van der Waals surface area contributed by atoms with Crippen LogP contribution >= 0.6 is 0 Å².